The summed E-state index contributed by atoms with van der Waals surface area (Å²) in [7, 11) is 1.97. The third-order valence-electron chi connectivity index (χ3n) is 3.36. The number of hydrogen-bond donors (Lipinski definition) is 1. The monoisotopic (exact) mass is 289 g/mol. The van der Waals surface area contributed by atoms with Crippen molar-refractivity contribution in [3.8, 4) is 0 Å². The lowest BCUT2D eigenvalue weighted by atomic mass is 10.0. The van der Waals surface area contributed by atoms with Crippen molar-refractivity contribution >= 4 is 11.8 Å². The highest BCUT2D eigenvalue weighted by atomic mass is 32.2. The van der Waals surface area contributed by atoms with Crippen molar-refractivity contribution in [2.24, 2.45) is 0 Å². The van der Waals surface area contributed by atoms with Crippen molar-refractivity contribution in [2.75, 3.05) is 12.8 Å². The van der Waals surface area contributed by atoms with E-state index in [1.807, 2.05) is 13.1 Å². The van der Waals surface area contributed by atoms with E-state index in [4.69, 9.17) is 0 Å². The smallest absolute Gasteiger partial charge is 0.124 e. The molecule has 106 valence electrons. The van der Waals surface area contributed by atoms with Gasteiger partial charge in [-0.2, -0.15) is 0 Å². The van der Waals surface area contributed by atoms with Gasteiger partial charge in [-0.05, 0) is 50.2 Å². The van der Waals surface area contributed by atoms with Gasteiger partial charge >= 0.3 is 0 Å². The van der Waals surface area contributed by atoms with Crippen LogP contribution in [-0.4, -0.2) is 12.8 Å². The minimum absolute atomic E-state index is 0.178. The van der Waals surface area contributed by atoms with Crippen LogP contribution in [0.15, 0.2) is 47.4 Å². The van der Waals surface area contributed by atoms with Crippen LogP contribution in [0.4, 0.5) is 4.39 Å². The van der Waals surface area contributed by atoms with Crippen LogP contribution in [0.25, 0.3) is 0 Å². The maximum absolute atomic E-state index is 13.2. The summed E-state index contributed by atoms with van der Waals surface area (Å²) in [5.41, 5.74) is 3.88. The Kier molecular flexibility index (Phi) is 5.21. The van der Waals surface area contributed by atoms with E-state index in [1.165, 1.54) is 22.8 Å². The minimum atomic E-state index is -0.178. The molecule has 0 aromatic heterocycles. The first kappa shape index (κ1) is 15.1. The maximum atomic E-state index is 13.2. The van der Waals surface area contributed by atoms with Gasteiger partial charge in [0, 0.05) is 16.7 Å². The summed E-state index contributed by atoms with van der Waals surface area (Å²) in [5.74, 6) is 0.701. The summed E-state index contributed by atoms with van der Waals surface area (Å²) in [6.45, 7) is 4.24. The first-order valence-corrected chi connectivity index (χ1v) is 7.71. The molecule has 0 radical (unpaired) electrons. The fourth-order valence-electron chi connectivity index (χ4n) is 2.28. The number of rotatable bonds is 5. The zero-order chi connectivity index (χ0) is 14.5. The Bertz CT molecular complexity index is 583. The van der Waals surface area contributed by atoms with E-state index in [2.05, 4.69) is 37.4 Å². The molecule has 0 spiro atoms. The molecule has 0 saturated heterocycles. The molecule has 0 heterocycles. The first-order valence-electron chi connectivity index (χ1n) is 6.73. The molecule has 2 rings (SSSR count). The van der Waals surface area contributed by atoms with Crippen LogP contribution in [0.2, 0.25) is 0 Å². The SMILES string of the molecule is CNC(CSc1cccc(F)c1)c1ccc(C)cc1C. The topological polar surface area (TPSA) is 12.0 Å². The van der Waals surface area contributed by atoms with Gasteiger partial charge in [-0.15, -0.1) is 11.8 Å². The minimum Gasteiger partial charge on any atom is -0.312 e. The number of thioether (sulfide) groups is 1. The standard InChI is InChI=1S/C17H20FNS/c1-12-7-8-16(13(2)9-12)17(19-3)11-20-15-6-4-5-14(18)10-15/h4-10,17,19H,11H2,1-3H3. The molecule has 2 aromatic carbocycles. The molecule has 0 bridgehead atoms. The molecule has 0 aliphatic heterocycles. The zero-order valence-electron chi connectivity index (χ0n) is 12.1. The number of benzene rings is 2. The number of hydrogen-bond acceptors (Lipinski definition) is 2. The van der Waals surface area contributed by atoms with Gasteiger partial charge in [0.05, 0.1) is 0 Å². The fourth-order valence-corrected chi connectivity index (χ4v) is 3.36. The Morgan fingerprint density at radius 1 is 1.15 bits per heavy atom. The second kappa shape index (κ2) is 6.91. The predicted molar refractivity (Wildman–Crippen MR) is 84.8 cm³/mol. The van der Waals surface area contributed by atoms with E-state index in [-0.39, 0.29) is 11.9 Å². The average molecular weight is 289 g/mol. The van der Waals surface area contributed by atoms with Crippen LogP contribution in [0.5, 0.6) is 0 Å². The number of nitrogens with one attached hydrogen (secondary N) is 1. The predicted octanol–water partition coefficient (Wildman–Crippen LogP) is 4.50. The van der Waals surface area contributed by atoms with Crippen LogP contribution in [-0.2, 0) is 0 Å². The average Bonchev–Trinajstić information content (AvgIpc) is 2.41. The van der Waals surface area contributed by atoms with Gasteiger partial charge in [0.15, 0.2) is 0 Å². The van der Waals surface area contributed by atoms with Gasteiger partial charge in [-0.25, -0.2) is 4.39 Å². The third kappa shape index (κ3) is 3.84. The molecular formula is C17H20FNS. The van der Waals surface area contributed by atoms with Gasteiger partial charge in [0.2, 0.25) is 0 Å². The van der Waals surface area contributed by atoms with Crippen molar-refractivity contribution in [3.05, 3.63) is 65.0 Å². The van der Waals surface area contributed by atoms with Gasteiger partial charge in [-0.3, -0.25) is 0 Å². The molecule has 0 aliphatic rings. The Hall–Kier alpha value is -1.32. The molecule has 0 amide bonds. The lowest BCUT2D eigenvalue weighted by Crippen LogP contribution is -2.19. The van der Waals surface area contributed by atoms with Crippen LogP contribution < -0.4 is 5.32 Å². The van der Waals surface area contributed by atoms with E-state index < -0.39 is 0 Å². The Labute approximate surface area is 124 Å². The highest BCUT2D eigenvalue weighted by Crippen LogP contribution is 2.27. The third-order valence-corrected chi connectivity index (χ3v) is 4.45. The largest absolute Gasteiger partial charge is 0.312 e. The second-order valence-electron chi connectivity index (χ2n) is 4.97. The van der Waals surface area contributed by atoms with Crippen molar-refractivity contribution in [1.82, 2.24) is 5.32 Å². The molecule has 20 heavy (non-hydrogen) atoms. The highest BCUT2D eigenvalue weighted by Gasteiger charge is 2.12. The van der Waals surface area contributed by atoms with E-state index in [0.29, 0.717) is 0 Å². The van der Waals surface area contributed by atoms with Crippen LogP contribution >= 0.6 is 11.8 Å². The molecule has 2 aromatic rings. The van der Waals surface area contributed by atoms with Gasteiger partial charge in [0.25, 0.3) is 0 Å². The maximum Gasteiger partial charge on any atom is 0.124 e. The molecule has 1 atom stereocenters. The van der Waals surface area contributed by atoms with E-state index in [0.717, 1.165) is 10.6 Å². The van der Waals surface area contributed by atoms with Gasteiger partial charge < -0.3 is 5.32 Å². The second-order valence-corrected chi connectivity index (χ2v) is 6.06. The Morgan fingerprint density at radius 3 is 2.60 bits per heavy atom. The molecule has 0 aliphatic carbocycles. The number of halogens is 1. The van der Waals surface area contributed by atoms with E-state index in [9.17, 15) is 4.39 Å². The fraction of sp³-hybridized carbons (Fsp3) is 0.294. The summed E-state index contributed by atoms with van der Waals surface area (Å²) in [6, 6.07) is 13.5. The number of aryl methyl sites for hydroxylation is 2. The summed E-state index contributed by atoms with van der Waals surface area (Å²) in [4.78, 5) is 0.968. The van der Waals surface area contributed by atoms with Gasteiger partial charge in [0.1, 0.15) is 5.82 Å². The van der Waals surface area contributed by atoms with E-state index in [1.54, 1.807) is 23.9 Å². The summed E-state index contributed by atoms with van der Waals surface area (Å²) >= 11 is 1.67. The summed E-state index contributed by atoms with van der Waals surface area (Å²) in [5, 5.41) is 3.35. The van der Waals surface area contributed by atoms with Gasteiger partial charge in [-0.1, -0.05) is 29.8 Å². The van der Waals surface area contributed by atoms with Crippen molar-refractivity contribution in [1.29, 1.82) is 0 Å². The molecule has 3 heteroatoms. The molecule has 1 N–H and O–H groups in total. The van der Waals surface area contributed by atoms with Crippen molar-refractivity contribution < 1.29 is 4.39 Å². The van der Waals surface area contributed by atoms with E-state index >= 15 is 0 Å². The van der Waals surface area contributed by atoms with Crippen molar-refractivity contribution in [3.63, 3.8) is 0 Å². The van der Waals surface area contributed by atoms with Crippen molar-refractivity contribution in [2.45, 2.75) is 24.8 Å². The molecule has 0 saturated carbocycles. The lowest BCUT2D eigenvalue weighted by Gasteiger charge is -2.19. The highest BCUT2D eigenvalue weighted by molar-refractivity contribution is 7.99. The normalized spacial score (nSPS) is 12.4. The first-order chi connectivity index (χ1) is 9.60. The summed E-state index contributed by atoms with van der Waals surface area (Å²) in [6.07, 6.45) is 0. The van der Waals surface area contributed by atoms with Crippen LogP contribution in [0, 0.1) is 19.7 Å². The van der Waals surface area contributed by atoms with Crippen LogP contribution in [0.1, 0.15) is 22.7 Å². The summed E-state index contributed by atoms with van der Waals surface area (Å²) < 4.78 is 13.2. The Balaban J connectivity index is 2.09. The Morgan fingerprint density at radius 2 is 1.95 bits per heavy atom. The lowest BCUT2D eigenvalue weighted by molar-refractivity contribution is 0.624. The van der Waals surface area contributed by atoms with Crippen LogP contribution in [0.3, 0.4) is 0 Å². The molecular weight excluding hydrogens is 269 g/mol. The molecule has 1 unspecified atom stereocenters. The molecule has 0 fully saturated rings. The zero-order valence-corrected chi connectivity index (χ0v) is 12.9. The quantitative estimate of drug-likeness (QED) is 0.814. The molecule has 1 nitrogen and oxygen atoms in total.